The first-order valence-corrected chi connectivity index (χ1v) is 8.66. The molecule has 0 unspecified atom stereocenters. The third kappa shape index (κ3) is 6.09. The van der Waals surface area contributed by atoms with Gasteiger partial charge in [-0.05, 0) is 38.8 Å². The summed E-state index contributed by atoms with van der Waals surface area (Å²) in [4.78, 5) is 36.5. The van der Waals surface area contributed by atoms with Crippen LogP contribution in [0, 0.1) is 5.92 Å². The van der Waals surface area contributed by atoms with Gasteiger partial charge in [-0.1, -0.05) is 0 Å². The molecule has 0 aromatic carbocycles. The summed E-state index contributed by atoms with van der Waals surface area (Å²) in [5, 5.41) is 14.5. The van der Waals surface area contributed by atoms with E-state index in [1.54, 1.807) is 4.90 Å². The minimum absolute atomic E-state index is 0.0675. The van der Waals surface area contributed by atoms with Crippen molar-refractivity contribution in [2.45, 2.75) is 38.2 Å². The van der Waals surface area contributed by atoms with Crippen LogP contribution in [0.25, 0.3) is 0 Å². The molecule has 0 spiro atoms. The largest absolute Gasteiger partial charge is 0.481 e. The maximum Gasteiger partial charge on any atom is 0.305 e. The molecule has 8 heteroatoms. The lowest BCUT2D eigenvalue weighted by molar-refractivity contribution is -0.142. The summed E-state index contributed by atoms with van der Waals surface area (Å²) in [6.45, 7) is 3.05. The van der Waals surface area contributed by atoms with Crippen LogP contribution in [0.2, 0.25) is 0 Å². The minimum atomic E-state index is -0.939. The summed E-state index contributed by atoms with van der Waals surface area (Å²) in [6, 6.07) is 0. The molecule has 2 heterocycles. The van der Waals surface area contributed by atoms with E-state index in [4.69, 9.17) is 9.84 Å². The van der Waals surface area contributed by atoms with Crippen molar-refractivity contribution in [1.29, 1.82) is 0 Å². The molecule has 24 heavy (non-hydrogen) atoms. The smallest absolute Gasteiger partial charge is 0.305 e. The van der Waals surface area contributed by atoms with Crippen molar-refractivity contribution < 1.29 is 24.2 Å². The van der Waals surface area contributed by atoms with Crippen LogP contribution in [0.3, 0.4) is 0 Å². The molecule has 2 aliphatic rings. The van der Waals surface area contributed by atoms with E-state index >= 15 is 0 Å². The third-order valence-electron chi connectivity index (χ3n) is 4.51. The number of ether oxygens (including phenoxy) is 1. The van der Waals surface area contributed by atoms with Crippen LogP contribution in [0.1, 0.15) is 32.1 Å². The van der Waals surface area contributed by atoms with Crippen molar-refractivity contribution in [2.24, 2.45) is 5.92 Å². The number of carboxylic acid groups (broad SMARTS) is 1. The minimum Gasteiger partial charge on any atom is -0.481 e. The molecule has 2 rings (SSSR count). The Kier molecular flexibility index (Phi) is 7.45. The summed E-state index contributed by atoms with van der Waals surface area (Å²) in [5.74, 6) is -1.45. The molecule has 1 atom stereocenters. The highest BCUT2D eigenvalue weighted by Gasteiger charge is 2.28. The molecule has 2 saturated heterocycles. The Hall–Kier alpha value is -1.67. The summed E-state index contributed by atoms with van der Waals surface area (Å²) in [6.07, 6.45) is 3.37. The van der Waals surface area contributed by atoms with Crippen LogP contribution in [-0.2, 0) is 19.1 Å². The third-order valence-corrected chi connectivity index (χ3v) is 4.51. The van der Waals surface area contributed by atoms with Crippen LogP contribution in [0.5, 0.6) is 0 Å². The maximum absolute atomic E-state index is 12.3. The number of nitrogens with one attached hydrogen (secondary N) is 2. The molecule has 0 aromatic rings. The van der Waals surface area contributed by atoms with Gasteiger partial charge in [0.1, 0.15) is 6.61 Å². The van der Waals surface area contributed by atoms with E-state index in [1.807, 2.05) is 0 Å². The SMILES string of the molecule is O=C(O)CCNC(=O)[C@@H]1CCCN(C(=O)COC2CCNCC2)C1. The van der Waals surface area contributed by atoms with Crippen LogP contribution in [0.4, 0.5) is 0 Å². The lowest BCUT2D eigenvalue weighted by Gasteiger charge is -2.32. The quantitative estimate of drug-likeness (QED) is 0.581. The van der Waals surface area contributed by atoms with E-state index in [9.17, 15) is 14.4 Å². The van der Waals surface area contributed by atoms with E-state index in [0.29, 0.717) is 13.1 Å². The average Bonchev–Trinajstić information content (AvgIpc) is 2.60. The first kappa shape index (κ1) is 18.7. The second-order valence-corrected chi connectivity index (χ2v) is 6.37. The van der Waals surface area contributed by atoms with Gasteiger partial charge in [0.25, 0.3) is 0 Å². The van der Waals surface area contributed by atoms with E-state index in [0.717, 1.165) is 38.8 Å². The molecule has 2 fully saturated rings. The molecule has 3 N–H and O–H groups in total. The number of carbonyl (C=O) groups excluding carboxylic acids is 2. The Morgan fingerprint density at radius 1 is 1.21 bits per heavy atom. The maximum atomic E-state index is 12.3. The molecule has 0 bridgehead atoms. The van der Waals surface area contributed by atoms with Gasteiger partial charge in [0, 0.05) is 19.6 Å². The number of carboxylic acids is 1. The van der Waals surface area contributed by atoms with Gasteiger partial charge < -0.3 is 25.4 Å². The van der Waals surface area contributed by atoms with E-state index in [1.165, 1.54) is 0 Å². The zero-order valence-corrected chi connectivity index (χ0v) is 14.0. The van der Waals surface area contributed by atoms with Crippen molar-refractivity contribution in [1.82, 2.24) is 15.5 Å². The first-order chi connectivity index (χ1) is 11.6. The lowest BCUT2D eigenvalue weighted by atomic mass is 9.97. The standard InChI is InChI=1S/C16H27N3O5/c20-14(11-24-13-3-6-17-7-4-13)19-9-1-2-12(10-19)16(23)18-8-5-15(21)22/h12-13,17H,1-11H2,(H,18,23)(H,21,22)/t12-/m1/s1. The number of nitrogens with zero attached hydrogens (tertiary/aromatic N) is 1. The fraction of sp³-hybridized carbons (Fsp3) is 0.812. The normalized spacial score (nSPS) is 22.2. The van der Waals surface area contributed by atoms with Gasteiger partial charge in [0.05, 0.1) is 18.4 Å². The van der Waals surface area contributed by atoms with Crippen LogP contribution in [-0.4, -0.2) is 73.2 Å². The van der Waals surface area contributed by atoms with Crippen LogP contribution in [0.15, 0.2) is 0 Å². The fourth-order valence-electron chi connectivity index (χ4n) is 3.10. The van der Waals surface area contributed by atoms with Gasteiger partial charge >= 0.3 is 5.97 Å². The number of piperidine rings is 2. The number of aliphatic carboxylic acids is 1. The monoisotopic (exact) mass is 341 g/mol. The van der Waals surface area contributed by atoms with E-state index < -0.39 is 5.97 Å². The van der Waals surface area contributed by atoms with Gasteiger partial charge in [-0.25, -0.2) is 0 Å². The van der Waals surface area contributed by atoms with Gasteiger partial charge in [0.2, 0.25) is 11.8 Å². The van der Waals surface area contributed by atoms with Gasteiger partial charge in [-0.3, -0.25) is 14.4 Å². The number of carbonyl (C=O) groups is 3. The Balaban J connectivity index is 1.71. The Morgan fingerprint density at radius 2 is 1.96 bits per heavy atom. The number of rotatable bonds is 7. The van der Waals surface area contributed by atoms with E-state index in [2.05, 4.69) is 10.6 Å². The van der Waals surface area contributed by atoms with Crippen molar-refractivity contribution >= 4 is 17.8 Å². The van der Waals surface area contributed by atoms with Crippen LogP contribution >= 0.6 is 0 Å². The van der Waals surface area contributed by atoms with Gasteiger partial charge in [-0.15, -0.1) is 0 Å². The molecule has 0 saturated carbocycles. The summed E-state index contributed by atoms with van der Waals surface area (Å²) in [5.41, 5.74) is 0. The molecule has 2 amide bonds. The summed E-state index contributed by atoms with van der Waals surface area (Å²) < 4.78 is 5.69. The number of hydrogen-bond donors (Lipinski definition) is 3. The molecule has 0 radical (unpaired) electrons. The van der Waals surface area contributed by atoms with Crippen molar-refractivity contribution in [2.75, 3.05) is 39.3 Å². The molecular formula is C16H27N3O5. The molecule has 8 nitrogen and oxygen atoms in total. The Morgan fingerprint density at radius 3 is 2.67 bits per heavy atom. The molecule has 136 valence electrons. The predicted octanol–water partition coefficient (Wildman–Crippen LogP) is -0.415. The second kappa shape index (κ2) is 9.58. The fourth-order valence-corrected chi connectivity index (χ4v) is 3.10. The first-order valence-electron chi connectivity index (χ1n) is 8.66. The van der Waals surface area contributed by atoms with Crippen LogP contribution < -0.4 is 10.6 Å². The number of hydrogen-bond acceptors (Lipinski definition) is 5. The molecule has 0 aliphatic carbocycles. The topological polar surface area (TPSA) is 108 Å². The highest BCUT2D eigenvalue weighted by molar-refractivity contribution is 5.82. The summed E-state index contributed by atoms with van der Waals surface area (Å²) in [7, 11) is 0. The highest BCUT2D eigenvalue weighted by atomic mass is 16.5. The predicted molar refractivity (Wildman–Crippen MR) is 86.4 cm³/mol. The second-order valence-electron chi connectivity index (χ2n) is 6.37. The average molecular weight is 341 g/mol. The molecule has 0 aromatic heterocycles. The number of amides is 2. The van der Waals surface area contributed by atoms with Crippen molar-refractivity contribution in [3.8, 4) is 0 Å². The van der Waals surface area contributed by atoms with Gasteiger partial charge in [-0.2, -0.15) is 0 Å². The van der Waals surface area contributed by atoms with Crippen molar-refractivity contribution in [3.63, 3.8) is 0 Å². The van der Waals surface area contributed by atoms with Crippen molar-refractivity contribution in [3.05, 3.63) is 0 Å². The zero-order chi connectivity index (χ0) is 17.4. The zero-order valence-electron chi connectivity index (χ0n) is 14.0. The Bertz CT molecular complexity index is 451. The number of likely N-dealkylation sites (tertiary alicyclic amines) is 1. The summed E-state index contributed by atoms with van der Waals surface area (Å²) >= 11 is 0. The van der Waals surface area contributed by atoms with E-state index in [-0.39, 0.29) is 43.4 Å². The Labute approximate surface area is 141 Å². The van der Waals surface area contributed by atoms with Gasteiger partial charge in [0.15, 0.2) is 0 Å². The lowest BCUT2D eigenvalue weighted by Crippen LogP contribution is -2.47. The molecule has 2 aliphatic heterocycles. The molecular weight excluding hydrogens is 314 g/mol. The highest BCUT2D eigenvalue weighted by Crippen LogP contribution is 2.17.